The lowest BCUT2D eigenvalue weighted by atomic mass is 9.46. The molecule has 5 unspecified atom stereocenters. The van der Waals surface area contributed by atoms with Crippen LogP contribution >= 0.6 is 0 Å². The van der Waals surface area contributed by atoms with Crippen LogP contribution in [0.15, 0.2) is 23.5 Å². The Morgan fingerprint density at radius 3 is 2.52 bits per heavy atom. The van der Waals surface area contributed by atoms with Gasteiger partial charge in [-0.05, 0) is 80.6 Å². The van der Waals surface area contributed by atoms with E-state index in [1.807, 2.05) is 19.9 Å². The highest BCUT2D eigenvalue weighted by molar-refractivity contribution is 5.91. The third-order valence-electron chi connectivity index (χ3n) is 9.38. The normalized spacial score (nSPS) is 41.9. The van der Waals surface area contributed by atoms with E-state index in [4.69, 9.17) is 11.6 Å². The van der Waals surface area contributed by atoms with E-state index < -0.39 is 5.60 Å². The van der Waals surface area contributed by atoms with Crippen LogP contribution in [0.5, 0.6) is 0 Å². The van der Waals surface area contributed by atoms with E-state index in [0.717, 1.165) is 57.9 Å². The van der Waals surface area contributed by atoms with Crippen molar-refractivity contribution in [3.63, 3.8) is 0 Å². The Balaban J connectivity index is 0.00000132. The SMILES string of the molecule is CC.CCCN(N)/C=C(\N)[C@]1(O)CCC2C3CCC4=CC(=O)CCC4(C)C3CCC21C. The Hall–Kier alpha value is -1.33. The summed E-state index contributed by atoms with van der Waals surface area (Å²) in [5.74, 6) is 8.07. The molecule has 0 aromatic rings. The Kier molecular flexibility index (Phi) is 6.98. The molecule has 0 amide bonds. The molecule has 0 radical (unpaired) electrons. The second-order valence-corrected chi connectivity index (χ2v) is 10.6. The maximum Gasteiger partial charge on any atom is 0.155 e. The molecule has 0 saturated heterocycles. The van der Waals surface area contributed by atoms with Crippen molar-refractivity contribution in [3.8, 4) is 0 Å². The highest BCUT2D eigenvalue weighted by atomic mass is 16.3. The molecule has 4 rings (SSSR count). The molecule has 5 heteroatoms. The maximum atomic E-state index is 12.0. The quantitative estimate of drug-likeness (QED) is 0.445. The number of carbonyl (C=O) groups excluding carboxylic acids is 1. The molecule has 5 N–H and O–H groups in total. The Bertz CT molecular complexity index is 747. The number of hydrogen-bond donors (Lipinski definition) is 3. The minimum atomic E-state index is -0.979. The number of nitrogens with two attached hydrogens (primary N) is 2. The van der Waals surface area contributed by atoms with Crippen molar-refractivity contribution in [1.82, 2.24) is 5.01 Å². The predicted molar refractivity (Wildman–Crippen MR) is 126 cm³/mol. The van der Waals surface area contributed by atoms with Gasteiger partial charge in [0.15, 0.2) is 5.78 Å². The van der Waals surface area contributed by atoms with Gasteiger partial charge in [0.25, 0.3) is 0 Å². The zero-order chi connectivity index (χ0) is 23.0. The van der Waals surface area contributed by atoms with Crippen LogP contribution in [-0.4, -0.2) is 28.0 Å². The summed E-state index contributed by atoms with van der Waals surface area (Å²) in [6.45, 7) is 11.5. The molecule has 31 heavy (non-hydrogen) atoms. The molecule has 0 heterocycles. The number of carbonyl (C=O) groups is 1. The van der Waals surface area contributed by atoms with Gasteiger partial charge >= 0.3 is 0 Å². The van der Waals surface area contributed by atoms with Gasteiger partial charge in [-0.1, -0.05) is 40.2 Å². The lowest BCUT2D eigenvalue weighted by Gasteiger charge is -2.59. The van der Waals surface area contributed by atoms with Gasteiger partial charge in [0.2, 0.25) is 0 Å². The molecule has 3 fully saturated rings. The largest absolute Gasteiger partial charge is 0.398 e. The van der Waals surface area contributed by atoms with Crippen LogP contribution in [0.25, 0.3) is 0 Å². The number of fused-ring (bicyclic) bond motifs is 5. The lowest BCUT2D eigenvalue weighted by molar-refractivity contribution is -0.121. The third kappa shape index (κ3) is 3.76. The van der Waals surface area contributed by atoms with Gasteiger partial charge in [0.1, 0.15) is 5.60 Å². The topological polar surface area (TPSA) is 92.6 Å². The van der Waals surface area contributed by atoms with Crippen molar-refractivity contribution in [2.24, 2.45) is 40.2 Å². The van der Waals surface area contributed by atoms with Crippen molar-refractivity contribution in [3.05, 3.63) is 23.5 Å². The number of nitrogens with zero attached hydrogens (tertiary/aromatic N) is 1. The summed E-state index contributed by atoms with van der Waals surface area (Å²) in [5.41, 5.74) is 7.40. The van der Waals surface area contributed by atoms with Gasteiger partial charge in [0, 0.05) is 24.6 Å². The number of ketones is 1. The van der Waals surface area contributed by atoms with Crippen LogP contribution in [0.4, 0.5) is 0 Å². The number of hydrazine groups is 1. The van der Waals surface area contributed by atoms with Crippen molar-refractivity contribution in [2.45, 2.75) is 98.0 Å². The van der Waals surface area contributed by atoms with E-state index >= 15 is 0 Å². The zero-order valence-corrected chi connectivity index (χ0v) is 20.4. The summed E-state index contributed by atoms with van der Waals surface area (Å²) in [5, 5.41) is 13.4. The van der Waals surface area contributed by atoms with Crippen molar-refractivity contribution in [2.75, 3.05) is 6.54 Å². The van der Waals surface area contributed by atoms with Crippen LogP contribution in [0.1, 0.15) is 92.4 Å². The molecule has 4 aliphatic carbocycles. The first-order chi connectivity index (χ1) is 14.7. The number of rotatable bonds is 4. The molecule has 5 nitrogen and oxygen atoms in total. The van der Waals surface area contributed by atoms with Gasteiger partial charge in [-0.3, -0.25) is 4.79 Å². The highest BCUT2D eigenvalue weighted by Gasteiger charge is 2.64. The molecule has 0 aliphatic heterocycles. The van der Waals surface area contributed by atoms with Gasteiger partial charge in [-0.15, -0.1) is 0 Å². The van der Waals surface area contributed by atoms with Crippen LogP contribution in [0.3, 0.4) is 0 Å². The molecular weight excluding hydrogens is 386 g/mol. The molecule has 0 spiro atoms. The monoisotopic (exact) mass is 431 g/mol. The smallest absolute Gasteiger partial charge is 0.155 e. The van der Waals surface area contributed by atoms with E-state index in [2.05, 4.69) is 20.8 Å². The first-order valence-corrected chi connectivity index (χ1v) is 12.6. The van der Waals surface area contributed by atoms with Crippen LogP contribution in [0.2, 0.25) is 0 Å². The molecule has 4 aliphatic rings. The van der Waals surface area contributed by atoms with Crippen molar-refractivity contribution < 1.29 is 9.90 Å². The molecule has 0 bridgehead atoms. The van der Waals surface area contributed by atoms with Gasteiger partial charge in [0.05, 0.1) is 5.70 Å². The third-order valence-corrected chi connectivity index (χ3v) is 9.38. The molecule has 0 aromatic heterocycles. The van der Waals surface area contributed by atoms with Crippen LogP contribution in [0, 0.1) is 28.6 Å². The molecule has 176 valence electrons. The Labute approximate surface area is 189 Å². The van der Waals surface area contributed by atoms with E-state index in [1.54, 1.807) is 11.2 Å². The zero-order valence-electron chi connectivity index (χ0n) is 20.4. The molecule has 6 atom stereocenters. The fourth-order valence-electron chi connectivity index (χ4n) is 7.66. The number of aliphatic hydroxyl groups is 1. The average molecular weight is 432 g/mol. The standard InChI is InChI=1S/C24H39N3O2.C2H6/c1-4-13-27(26)15-21(25)24(29)12-9-20-18-6-5-16-14-17(28)7-10-22(16,2)19(18)8-11-23(20,24)3;1-2/h14-15,18-20,29H,4-13,25-26H2,1-3H3;1-2H3/b21-15-;/t18?,19?,20?,22?,23?,24-;/m1./s1. The van der Waals surface area contributed by atoms with Crippen molar-refractivity contribution in [1.29, 1.82) is 0 Å². The van der Waals surface area contributed by atoms with E-state index in [-0.39, 0.29) is 10.8 Å². The Morgan fingerprint density at radius 2 is 1.84 bits per heavy atom. The van der Waals surface area contributed by atoms with Crippen LogP contribution < -0.4 is 11.6 Å². The molecule has 0 aromatic carbocycles. The second kappa shape index (κ2) is 8.90. The summed E-state index contributed by atoms with van der Waals surface area (Å²) in [6.07, 6.45) is 12.4. The first-order valence-electron chi connectivity index (χ1n) is 12.6. The summed E-state index contributed by atoms with van der Waals surface area (Å²) < 4.78 is 0. The number of allylic oxidation sites excluding steroid dienone is 1. The fraction of sp³-hybridized carbons (Fsp3) is 0.808. The minimum Gasteiger partial charge on any atom is -0.398 e. The van der Waals surface area contributed by atoms with E-state index in [1.165, 1.54) is 5.57 Å². The summed E-state index contributed by atoms with van der Waals surface area (Å²) >= 11 is 0. The summed E-state index contributed by atoms with van der Waals surface area (Å²) in [4.78, 5) is 12.0. The lowest BCUT2D eigenvalue weighted by Crippen LogP contribution is -2.56. The molecular formula is C26H45N3O2. The average Bonchev–Trinajstić information content (AvgIpc) is 3.02. The van der Waals surface area contributed by atoms with Crippen LogP contribution in [-0.2, 0) is 4.79 Å². The van der Waals surface area contributed by atoms with Gasteiger partial charge in [-0.2, -0.15) is 0 Å². The number of hydrogen-bond acceptors (Lipinski definition) is 5. The van der Waals surface area contributed by atoms with E-state index in [0.29, 0.717) is 35.7 Å². The van der Waals surface area contributed by atoms with Gasteiger partial charge in [-0.25, -0.2) is 5.84 Å². The summed E-state index contributed by atoms with van der Waals surface area (Å²) in [6, 6.07) is 0. The predicted octanol–water partition coefficient (Wildman–Crippen LogP) is 4.66. The summed E-state index contributed by atoms with van der Waals surface area (Å²) in [7, 11) is 0. The minimum absolute atomic E-state index is 0.162. The molecule has 3 saturated carbocycles. The van der Waals surface area contributed by atoms with Crippen molar-refractivity contribution >= 4 is 5.78 Å². The highest BCUT2D eigenvalue weighted by Crippen LogP contribution is 2.68. The first kappa shape index (κ1) is 24.3. The van der Waals surface area contributed by atoms with E-state index in [9.17, 15) is 9.90 Å². The van der Waals surface area contributed by atoms with Gasteiger partial charge < -0.3 is 15.8 Å². The maximum absolute atomic E-state index is 12.0. The Morgan fingerprint density at radius 1 is 1.16 bits per heavy atom. The fourth-order valence-corrected chi connectivity index (χ4v) is 7.66. The second-order valence-electron chi connectivity index (χ2n) is 10.6.